The molecule has 0 aliphatic carbocycles. The molecule has 0 aromatic carbocycles. The summed E-state index contributed by atoms with van der Waals surface area (Å²) < 4.78 is 10.1. The number of aliphatic carboxylic acids is 1. The fourth-order valence-electron chi connectivity index (χ4n) is 1.96. The van der Waals surface area contributed by atoms with Crippen molar-refractivity contribution >= 4 is 12.0 Å². The molecule has 7 heteroatoms. The Kier molecular flexibility index (Phi) is 5.97. The van der Waals surface area contributed by atoms with Crippen molar-refractivity contribution in [2.24, 2.45) is 5.41 Å². The molecular formula is C13H22N2O5. The van der Waals surface area contributed by atoms with E-state index in [0.717, 1.165) is 0 Å². The Bertz CT molecular complexity index is 374. The van der Waals surface area contributed by atoms with E-state index in [-0.39, 0.29) is 19.2 Å². The lowest BCUT2D eigenvalue weighted by Crippen LogP contribution is -2.53. The van der Waals surface area contributed by atoms with E-state index in [1.807, 2.05) is 0 Å². The molecule has 1 fully saturated rings. The predicted molar refractivity (Wildman–Crippen MR) is 72.5 cm³/mol. The Hall–Kier alpha value is -1.60. The second-order valence-electron chi connectivity index (χ2n) is 4.97. The zero-order chi connectivity index (χ0) is 15.2. The Labute approximate surface area is 118 Å². The maximum absolute atomic E-state index is 12.2. The number of hydrogen-bond acceptors (Lipinski definition) is 4. The molecule has 2 atom stereocenters. The Morgan fingerprint density at radius 1 is 1.65 bits per heavy atom. The number of carbonyl (C=O) groups is 2. The third-order valence-corrected chi connectivity index (χ3v) is 3.44. The Morgan fingerprint density at radius 3 is 2.90 bits per heavy atom. The van der Waals surface area contributed by atoms with E-state index in [4.69, 9.17) is 9.47 Å². The van der Waals surface area contributed by atoms with Gasteiger partial charge in [-0.1, -0.05) is 6.08 Å². The van der Waals surface area contributed by atoms with Crippen molar-refractivity contribution < 1.29 is 24.2 Å². The molecule has 0 spiro atoms. The molecule has 1 aliphatic heterocycles. The minimum Gasteiger partial charge on any atom is -0.481 e. The lowest BCUT2D eigenvalue weighted by molar-refractivity contribution is -0.148. The van der Waals surface area contributed by atoms with Crippen molar-refractivity contribution in [3.05, 3.63) is 12.7 Å². The van der Waals surface area contributed by atoms with Gasteiger partial charge in [-0.25, -0.2) is 4.79 Å². The van der Waals surface area contributed by atoms with Crippen LogP contribution < -0.4 is 5.32 Å². The lowest BCUT2D eigenvalue weighted by atomic mass is 9.85. The van der Waals surface area contributed by atoms with E-state index >= 15 is 0 Å². The number of urea groups is 1. The molecular weight excluding hydrogens is 264 g/mol. The van der Waals surface area contributed by atoms with Gasteiger partial charge in [-0.15, -0.1) is 6.58 Å². The molecule has 1 saturated heterocycles. The van der Waals surface area contributed by atoms with E-state index in [9.17, 15) is 14.7 Å². The van der Waals surface area contributed by atoms with Crippen molar-refractivity contribution in [3.63, 3.8) is 0 Å². The summed E-state index contributed by atoms with van der Waals surface area (Å²) in [5.41, 5.74) is -1.10. The first-order valence-electron chi connectivity index (χ1n) is 6.42. The molecule has 20 heavy (non-hydrogen) atoms. The molecule has 2 N–H and O–H groups in total. The van der Waals surface area contributed by atoms with Crippen molar-refractivity contribution in [3.8, 4) is 0 Å². The van der Waals surface area contributed by atoms with Crippen molar-refractivity contribution in [1.82, 2.24) is 10.2 Å². The average molecular weight is 286 g/mol. The number of rotatable bonds is 7. The average Bonchev–Trinajstić information content (AvgIpc) is 2.77. The van der Waals surface area contributed by atoms with Gasteiger partial charge in [-0.05, 0) is 6.92 Å². The topological polar surface area (TPSA) is 88.1 Å². The lowest BCUT2D eigenvalue weighted by Gasteiger charge is -2.29. The molecule has 1 heterocycles. The van der Waals surface area contributed by atoms with Crippen LogP contribution in [0.2, 0.25) is 0 Å². The van der Waals surface area contributed by atoms with Crippen LogP contribution in [0.4, 0.5) is 4.79 Å². The molecule has 0 saturated carbocycles. The highest BCUT2D eigenvalue weighted by molar-refractivity contribution is 5.79. The van der Waals surface area contributed by atoms with E-state index in [0.29, 0.717) is 19.7 Å². The predicted octanol–water partition coefficient (Wildman–Crippen LogP) is 0.320. The van der Waals surface area contributed by atoms with Crippen molar-refractivity contribution in [2.45, 2.75) is 13.0 Å². The van der Waals surface area contributed by atoms with Crippen molar-refractivity contribution in [2.75, 3.05) is 40.0 Å². The molecule has 0 radical (unpaired) electrons. The van der Waals surface area contributed by atoms with Crippen LogP contribution in [0.5, 0.6) is 0 Å². The van der Waals surface area contributed by atoms with Gasteiger partial charge in [0.05, 0.1) is 25.9 Å². The summed E-state index contributed by atoms with van der Waals surface area (Å²) in [7, 11) is 1.55. The molecule has 2 unspecified atom stereocenters. The monoisotopic (exact) mass is 286 g/mol. The second kappa shape index (κ2) is 7.25. The highest BCUT2D eigenvalue weighted by Gasteiger charge is 2.47. The smallest absolute Gasteiger partial charge is 0.318 e. The first-order valence-corrected chi connectivity index (χ1v) is 6.42. The molecule has 2 amide bonds. The van der Waals surface area contributed by atoms with E-state index in [1.165, 1.54) is 4.90 Å². The van der Waals surface area contributed by atoms with Crippen LogP contribution in [0.1, 0.15) is 6.92 Å². The maximum atomic E-state index is 12.2. The number of hydrogen-bond donors (Lipinski definition) is 2. The van der Waals surface area contributed by atoms with Crippen LogP contribution in [0, 0.1) is 5.41 Å². The SMILES string of the molecule is C=CCN(CCOC)C(=O)NC1COCC1(C)C(=O)O. The summed E-state index contributed by atoms with van der Waals surface area (Å²) in [5, 5.41) is 12.0. The summed E-state index contributed by atoms with van der Waals surface area (Å²) in [5.74, 6) is -0.979. The van der Waals surface area contributed by atoms with Gasteiger partial charge in [0.25, 0.3) is 0 Å². The van der Waals surface area contributed by atoms with Gasteiger partial charge in [0.2, 0.25) is 0 Å². The fourth-order valence-corrected chi connectivity index (χ4v) is 1.96. The van der Waals surface area contributed by atoms with Gasteiger partial charge < -0.3 is 24.8 Å². The summed E-state index contributed by atoms with van der Waals surface area (Å²) in [6, 6.07) is -0.896. The number of amides is 2. The highest BCUT2D eigenvalue weighted by atomic mass is 16.5. The van der Waals surface area contributed by atoms with Gasteiger partial charge in [-0.2, -0.15) is 0 Å². The zero-order valence-electron chi connectivity index (χ0n) is 11.9. The first-order chi connectivity index (χ1) is 9.45. The normalized spacial score (nSPS) is 25.2. The van der Waals surface area contributed by atoms with Gasteiger partial charge in [0.1, 0.15) is 5.41 Å². The van der Waals surface area contributed by atoms with Crippen LogP contribution in [-0.4, -0.2) is 68.1 Å². The van der Waals surface area contributed by atoms with Crippen LogP contribution in [0.25, 0.3) is 0 Å². The highest BCUT2D eigenvalue weighted by Crippen LogP contribution is 2.28. The minimum absolute atomic E-state index is 0.0901. The molecule has 7 nitrogen and oxygen atoms in total. The molecule has 114 valence electrons. The number of carbonyl (C=O) groups excluding carboxylic acids is 1. The van der Waals surface area contributed by atoms with E-state index in [2.05, 4.69) is 11.9 Å². The Balaban J connectivity index is 2.67. The van der Waals surface area contributed by atoms with E-state index < -0.39 is 17.4 Å². The number of carboxylic acid groups (broad SMARTS) is 1. The van der Waals surface area contributed by atoms with Crippen LogP contribution in [0.15, 0.2) is 12.7 Å². The molecule has 1 aliphatic rings. The Morgan fingerprint density at radius 2 is 2.35 bits per heavy atom. The van der Waals surface area contributed by atoms with Gasteiger partial charge in [0, 0.05) is 20.2 Å². The van der Waals surface area contributed by atoms with Gasteiger partial charge >= 0.3 is 12.0 Å². The third-order valence-electron chi connectivity index (χ3n) is 3.44. The number of methoxy groups -OCH3 is 1. The molecule has 0 aromatic rings. The molecule has 0 aromatic heterocycles. The summed E-state index contributed by atoms with van der Waals surface area (Å²) in [6.07, 6.45) is 1.61. The number of nitrogens with one attached hydrogen (secondary N) is 1. The number of carboxylic acids is 1. The maximum Gasteiger partial charge on any atom is 0.318 e. The summed E-state index contributed by atoms with van der Waals surface area (Å²) in [4.78, 5) is 25.0. The standard InChI is InChI=1S/C13H22N2O5/c1-4-5-15(6-7-19-3)12(18)14-10-8-20-9-13(10,2)11(16)17/h4,10H,1,5-9H2,2-3H3,(H,14,18)(H,16,17). The quantitative estimate of drug-likeness (QED) is 0.658. The number of nitrogens with zero attached hydrogens (tertiary/aromatic N) is 1. The fraction of sp³-hybridized carbons (Fsp3) is 0.692. The third kappa shape index (κ3) is 3.71. The second-order valence-corrected chi connectivity index (χ2v) is 4.97. The minimum atomic E-state index is -1.10. The summed E-state index contributed by atoms with van der Waals surface area (Å²) >= 11 is 0. The summed E-state index contributed by atoms with van der Waals surface area (Å²) in [6.45, 7) is 6.63. The van der Waals surface area contributed by atoms with Gasteiger partial charge in [0.15, 0.2) is 0 Å². The largest absolute Gasteiger partial charge is 0.481 e. The van der Waals surface area contributed by atoms with Crippen LogP contribution in [0.3, 0.4) is 0 Å². The first kappa shape index (κ1) is 16.5. The van der Waals surface area contributed by atoms with Crippen molar-refractivity contribution in [1.29, 1.82) is 0 Å². The molecule has 1 rings (SSSR count). The van der Waals surface area contributed by atoms with Crippen LogP contribution >= 0.6 is 0 Å². The number of ether oxygens (including phenoxy) is 2. The zero-order valence-corrected chi connectivity index (χ0v) is 11.9. The van der Waals surface area contributed by atoms with Crippen LogP contribution in [-0.2, 0) is 14.3 Å². The van der Waals surface area contributed by atoms with Gasteiger partial charge in [-0.3, -0.25) is 4.79 Å². The van der Waals surface area contributed by atoms with E-state index in [1.54, 1.807) is 20.1 Å². The molecule has 0 bridgehead atoms.